The summed E-state index contributed by atoms with van der Waals surface area (Å²) in [6, 6.07) is 0. The second-order valence-electron chi connectivity index (χ2n) is 5.58. The minimum atomic E-state index is -0.388. The molecule has 1 atom stereocenters. The molecular formula is C14H20N2O2. The Kier molecular flexibility index (Phi) is 2.98. The summed E-state index contributed by atoms with van der Waals surface area (Å²) >= 11 is 0. The van der Waals surface area contributed by atoms with E-state index >= 15 is 0 Å². The van der Waals surface area contributed by atoms with E-state index in [-0.39, 0.29) is 11.2 Å². The van der Waals surface area contributed by atoms with Crippen molar-refractivity contribution in [1.29, 1.82) is 0 Å². The van der Waals surface area contributed by atoms with Crippen molar-refractivity contribution in [3.63, 3.8) is 0 Å². The normalized spacial score (nSPS) is 27.8. The second-order valence-corrected chi connectivity index (χ2v) is 5.58. The number of nitrogens with zero attached hydrogens (tertiary/aromatic N) is 1. The van der Waals surface area contributed by atoms with Crippen LogP contribution in [0, 0.1) is 0 Å². The zero-order valence-electron chi connectivity index (χ0n) is 10.9. The van der Waals surface area contributed by atoms with Crippen LogP contribution in [0.1, 0.15) is 56.1 Å². The Balaban J connectivity index is 2.05. The summed E-state index contributed by atoms with van der Waals surface area (Å²) in [7, 11) is 0. The molecule has 2 heterocycles. The van der Waals surface area contributed by atoms with Gasteiger partial charge >= 0.3 is 0 Å². The topological polar surface area (TPSA) is 55.0 Å². The van der Waals surface area contributed by atoms with E-state index in [0.717, 1.165) is 62.2 Å². The lowest BCUT2D eigenvalue weighted by molar-refractivity contribution is 0.00891. The van der Waals surface area contributed by atoms with Crippen LogP contribution in [0.4, 0.5) is 0 Å². The van der Waals surface area contributed by atoms with Gasteiger partial charge in [0.2, 0.25) is 0 Å². The fourth-order valence-corrected chi connectivity index (χ4v) is 3.00. The number of H-pyrrole nitrogens is 1. The third-order valence-corrected chi connectivity index (χ3v) is 4.16. The summed E-state index contributed by atoms with van der Waals surface area (Å²) in [5, 5.41) is 0. The molecule has 0 spiro atoms. The molecule has 1 saturated heterocycles. The number of nitrogens with one attached hydrogen (secondary N) is 1. The monoisotopic (exact) mass is 248 g/mol. The standard InChI is InChI=1S/C14H20N2O2/c1-14(8-5-9-18-14)13-15-11-7-4-2-3-6-10(11)12(17)16-13/h2-9H2,1H3,(H,15,16,17). The van der Waals surface area contributed by atoms with Gasteiger partial charge in [-0.1, -0.05) is 6.42 Å². The van der Waals surface area contributed by atoms with Gasteiger partial charge in [-0.15, -0.1) is 0 Å². The van der Waals surface area contributed by atoms with Gasteiger partial charge in [0.25, 0.3) is 5.56 Å². The summed E-state index contributed by atoms with van der Waals surface area (Å²) in [5.41, 5.74) is 1.56. The lowest BCUT2D eigenvalue weighted by atomic mass is 10.0. The van der Waals surface area contributed by atoms with Crippen LogP contribution in [-0.4, -0.2) is 16.6 Å². The Hall–Kier alpha value is -1.16. The lowest BCUT2D eigenvalue weighted by Crippen LogP contribution is -2.29. The van der Waals surface area contributed by atoms with Gasteiger partial charge in [0.15, 0.2) is 0 Å². The van der Waals surface area contributed by atoms with Crippen LogP contribution in [0.3, 0.4) is 0 Å². The molecule has 4 nitrogen and oxygen atoms in total. The van der Waals surface area contributed by atoms with Crippen molar-refractivity contribution >= 4 is 0 Å². The Morgan fingerprint density at radius 1 is 1.22 bits per heavy atom. The average molecular weight is 248 g/mol. The number of aromatic amines is 1. The lowest BCUT2D eigenvalue weighted by Gasteiger charge is -2.22. The van der Waals surface area contributed by atoms with Crippen molar-refractivity contribution in [3.8, 4) is 0 Å². The molecule has 98 valence electrons. The molecule has 3 rings (SSSR count). The highest BCUT2D eigenvalue weighted by atomic mass is 16.5. The Labute approximate surface area is 107 Å². The molecule has 1 fully saturated rings. The van der Waals surface area contributed by atoms with Crippen LogP contribution in [0.2, 0.25) is 0 Å². The van der Waals surface area contributed by atoms with Gasteiger partial charge in [0.1, 0.15) is 11.4 Å². The van der Waals surface area contributed by atoms with Crippen molar-refractivity contribution in [2.45, 2.75) is 57.5 Å². The van der Waals surface area contributed by atoms with Crippen LogP contribution >= 0.6 is 0 Å². The number of rotatable bonds is 1. The Morgan fingerprint density at radius 2 is 2.06 bits per heavy atom. The van der Waals surface area contributed by atoms with E-state index in [1.54, 1.807) is 0 Å². The molecule has 1 unspecified atom stereocenters. The number of fused-ring (bicyclic) bond motifs is 1. The number of hydrogen-bond donors (Lipinski definition) is 1. The van der Waals surface area contributed by atoms with E-state index in [1.165, 1.54) is 6.42 Å². The molecule has 1 aromatic rings. The van der Waals surface area contributed by atoms with Gasteiger partial charge in [0, 0.05) is 12.2 Å². The van der Waals surface area contributed by atoms with E-state index < -0.39 is 0 Å². The maximum Gasteiger partial charge on any atom is 0.254 e. The number of aromatic nitrogens is 2. The van der Waals surface area contributed by atoms with Gasteiger partial charge in [-0.25, -0.2) is 4.98 Å². The molecule has 0 amide bonds. The molecule has 0 saturated carbocycles. The molecule has 0 radical (unpaired) electrons. The fourth-order valence-electron chi connectivity index (χ4n) is 3.00. The van der Waals surface area contributed by atoms with Crippen LogP contribution in [0.15, 0.2) is 4.79 Å². The van der Waals surface area contributed by atoms with Crippen LogP contribution in [-0.2, 0) is 23.2 Å². The molecule has 4 heteroatoms. The molecule has 0 bridgehead atoms. The summed E-state index contributed by atoms with van der Waals surface area (Å²) in [6.07, 6.45) is 7.22. The van der Waals surface area contributed by atoms with Crippen molar-refractivity contribution in [2.75, 3.05) is 6.61 Å². The third kappa shape index (κ3) is 1.99. The van der Waals surface area contributed by atoms with Crippen LogP contribution in [0.5, 0.6) is 0 Å². The fraction of sp³-hybridized carbons (Fsp3) is 0.714. The van der Waals surface area contributed by atoms with Crippen molar-refractivity contribution in [1.82, 2.24) is 9.97 Å². The summed E-state index contributed by atoms with van der Waals surface area (Å²) in [4.78, 5) is 19.8. The van der Waals surface area contributed by atoms with E-state index in [1.807, 2.05) is 6.92 Å². The van der Waals surface area contributed by atoms with Crippen molar-refractivity contribution in [2.24, 2.45) is 0 Å². The first-order valence-corrected chi connectivity index (χ1v) is 6.95. The quantitative estimate of drug-likeness (QED) is 0.774. The molecule has 0 aromatic carbocycles. The van der Waals surface area contributed by atoms with E-state index in [2.05, 4.69) is 4.98 Å². The first-order chi connectivity index (χ1) is 8.69. The predicted octanol–water partition coefficient (Wildman–Crippen LogP) is 2.06. The molecule has 1 aromatic heterocycles. The third-order valence-electron chi connectivity index (χ3n) is 4.16. The van der Waals surface area contributed by atoms with E-state index in [4.69, 9.17) is 9.72 Å². The number of hydrogen-bond acceptors (Lipinski definition) is 3. The number of ether oxygens (including phenoxy) is 1. The smallest absolute Gasteiger partial charge is 0.254 e. The zero-order valence-corrected chi connectivity index (χ0v) is 10.9. The van der Waals surface area contributed by atoms with Gasteiger partial charge in [-0.05, 0) is 45.4 Å². The molecule has 1 N–H and O–H groups in total. The molecule has 18 heavy (non-hydrogen) atoms. The highest BCUT2D eigenvalue weighted by Crippen LogP contribution is 2.33. The van der Waals surface area contributed by atoms with Gasteiger partial charge in [-0.2, -0.15) is 0 Å². The van der Waals surface area contributed by atoms with Crippen LogP contribution in [0.25, 0.3) is 0 Å². The maximum absolute atomic E-state index is 12.2. The highest BCUT2D eigenvalue weighted by Gasteiger charge is 2.35. The Morgan fingerprint density at radius 3 is 2.83 bits per heavy atom. The molecule has 1 aliphatic carbocycles. The minimum Gasteiger partial charge on any atom is -0.367 e. The van der Waals surface area contributed by atoms with Gasteiger partial charge in [0.05, 0.1) is 5.69 Å². The first kappa shape index (κ1) is 11.9. The molecular weight excluding hydrogens is 228 g/mol. The number of aryl methyl sites for hydroxylation is 1. The largest absolute Gasteiger partial charge is 0.367 e. The average Bonchev–Trinajstić information content (AvgIpc) is 2.66. The van der Waals surface area contributed by atoms with Crippen LogP contribution < -0.4 is 5.56 Å². The highest BCUT2D eigenvalue weighted by molar-refractivity contribution is 5.21. The van der Waals surface area contributed by atoms with Crippen molar-refractivity contribution < 1.29 is 4.74 Å². The van der Waals surface area contributed by atoms with Gasteiger partial charge in [-0.3, -0.25) is 4.79 Å². The Bertz CT molecular complexity index is 501. The summed E-state index contributed by atoms with van der Waals surface area (Å²) in [5.74, 6) is 0.727. The second kappa shape index (κ2) is 4.50. The summed E-state index contributed by atoms with van der Waals surface area (Å²) < 4.78 is 5.77. The maximum atomic E-state index is 12.2. The van der Waals surface area contributed by atoms with Crippen molar-refractivity contribution in [3.05, 3.63) is 27.4 Å². The molecule has 1 aliphatic heterocycles. The summed E-state index contributed by atoms with van der Waals surface area (Å²) in [6.45, 7) is 2.79. The SMILES string of the molecule is CC1(c2nc3c(c(=O)[nH]2)CCCCC3)CCCO1. The van der Waals surface area contributed by atoms with E-state index in [0.29, 0.717) is 0 Å². The predicted molar refractivity (Wildman–Crippen MR) is 68.7 cm³/mol. The van der Waals surface area contributed by atoms with Gasteiger partial charge < -0.3 is 9.72 Å². The minimum absolute atomic E-state index is 0.0497. The van der Waals surface area contributed by atoms with E-state index in [9.17, 15) is 4.79 Å². The first-order valence-electron chi connectivity index (χ1n) is 6.95. The molecule has 2 aliphatic rings. The zero-order chi connectivity index (χ0) is 12.6.